The van der Waals surface area contributed by atoms with Gasteiger partial charge in [-0.05, 0) is 42.7 Å². The molecule has 1 N–H and O–H groups in total. The Balaban J connectivity index is 1.74. The third-order valence-electron chi connectivity index (χ3n) is 3.96. The second-order valence-corrected chi connectivity index (χ2v) is 6.33. The summed E-state index contributed by atoms with van der Waals surface area (Å²) in [5, 5.41) is 4.11. The summed E-state index contributed by atoms with van der Waals surface area (Å²) in [6.45, 7) is 2.78. The summed E-state index contributed by atoms with van der Waals surface area (Å²) in [6, 6.07) is 7.22. The summed E-state index contributed by atoms with van der Waals surface area (Å²) < 4.78 is 5.49. The van der Waals surface area contributed by atoms with Crippen molar-refractivity contribution >= 4 is 29.1 Å². The van der Waals surface area contributed by atoms with E-state index >= 15 is 0 Å². The Morgan fingerprint density at radius 1 is 1.43 bits per heavy atom. The molecule has 1 aliphatic rings. The lowest BCUT2D eigenvalue weighted by Gasteiger charge is -2.24. The molecule has 0 bridgehead atoms. The normalized spacial score (nSPS) is 16.4. The highest BCUT2D eigenvalue weighted by atomic mass is 35.5. The van der Waals surface area contributed by atoms with E-state index in [0.717, 1.165) is 16.7 Å². The zero-order valence-electron chi connectivity index (χ0n) is 12.6. The van der Waals surface area contributed by atoms with E-state index in [1.54, 1.807) is 12.3 Å². The monoisotopic (exact) mass is 350 g/mol. The molecular weight excluding hydrogens is 335 g/mol. The van der Waals surface area contributed by atoms with Gasteiger partial charge in [-0.15, -0.1) is 0 Å². The summed E-state index contributed by atoms with van der Waals surface area (Å²) in [5.41, 5.74) is 2.66. The lowest BCUT2D eigenvalue weighted by molar-refractivity contribution is -0.123. The fourth-order valence-corrected chi connectivity index (χ4v) is 3.41. The number of carbonyl (C=O) groups is 1. The number of ether oxygens (including phenoxy) is 1. The van der Waals surface area contributed by atoms with Gasteiger partial charge in [-0.25, -0.2) is 4.98 Å². The fourth-order valence-electron chi connectivity index (χ4n) is 2.75. The van der Waals surface area contributed by atoms with Crippen LogP contribution in [0, 0.1) is 6.92 Å². The molecule has 0 spiro atoms. The molecule has 1 aromatic carbocycles. The van der Waals surface area contributed by atoms with Gasteiger partial charge in [0.1, 0.15) is 0 Å². The van der Waals surface area contributed by atoms with Gasteiger partial charge in [-0.1, -0.05) is 29.3 Å². The predicted molar refractivity (Wildman–Crippen MR) is 90.1 cm³/mol. The average Bonchev–Trinajstić information content (AvgIpc) is 2.53. The van der Waals surface area contributed by atoms with Gasteiger partial charge in [0.25, 0.3) is 0 Å². The fraction of sp³-hybridized carbons (Fsp3) is 0.294. The van der Waals surface area contributed by atoms with Crippen LogP contribution in [0.25, 0.3) is 0 Å². The zero-order chi connectivity index (χ0) is 16.4. The van der Waals surface area contributed by atoms with Crippen LogP contribution in [0.2, 0.25) is 10.0 Å². The SMILES string of the molecule is Cc1cc(Cl)cc(Cl)c1CNC(=O)C1CCOc2ncccc21. The first-order chi connectivity index (χ1) is 11.1. The number of carbonyl (C=O) groups excluding carboxylic acids is 1. The number of nitrogens with one attached hydrogen (secondary N) is 1. The molecule has 1 aliphatic heterocycles. The molecule has 2 heterocycles. The molecule has 1 atom stereocenters. The first kappa shape index (κ1) is 16.1. The zero-order valence-corrected chi connectivity index (χ0v) is 14.1. The number of pyridine rings is 1. The molecule has 0 saturated carbocycles. The van der Waals surface area contributed by atoms with Crippen molar-refractivity contribution in [1.29, 1.82) is 0 Å². The van der Waals surface area contributed by atoms with E-state index in [1.807, 2.05) is 25.1 Å². The van der Waals surface area contributed by atoms with Crippen LogP contribution >= 0.6 is 23.2 Å². The highest BCUT2D eigenvalue weighted by Crippen LogP contribution is 2.32. The lowest BCUT2D eigenvalue weighted by Crippen LogP contribution is -2.32. The maximum absolute atomic E-state index is 12.6. The van der Waals surface area contributed by atoms with Gasteiger partial charge in [-0.2, -0.15) is 0 Å². The summed E-state index contributed by atoms with van der Waals surface area (Å²) >= 11 is 12.2. The van der Waals surface area contributed by atoms with E-state index in [1.165, 1.54) is 0 Å². The maximum Gasteiger partial charge on any atom is 0.228 e. The lowest BCUT2D eigenvalue weighted by atomic mass is 9.94. The number of benzene rings is 1. The second-order valence-electron chi connectivity index (χ2n) is 5.49. The Kier molecular flexibility index (Phi) is 4.74. The van der Waals surface area contributed by atoms with E-state index in [2.05, 4.69) is 10.3 Å². The number of halogens is 2. The molecule has 4 nitrogen and oxygen atoms in total. The van der Waals surface area contributed by atoms with Crippen LogP contribution in [0.3, 0.4) is 0 Å². The van der Waals surface area contributed by atoms with Gasteiger partial charge in [0.2, 0.25) is 11.8 Å². The Morgan fingerprint density at radius 2 is 2.26 bits per heavy atom. The Labute approximate surface area is 144 Å². The smallest absolute Gasteiger partial charge is 0.228 e. The number of aryl methyl sites for hydroxylation is 1. The third-order valence-corrected chi connectivity index (χ3v) is 4.52. The van der Waals surface area contributed by atoms with E-state index in [-0.39, 0.29) is 11.8 Å². The van der Waals surface area contributed by atoms with Gasteiger partial charge in [0.05, 0.1) is 12.5 Å². The van der Waals surface area contributed by atoms with Gasteiger partial charge in [-0.3, -0.25) is 4.79 Å². The first-order valence-corrected chi connectivity index (χ1v) is 8.12. The maximum atomic E-state index is 12.6. The molecule has 0 saturated heterocycles. The van der Waals surface area contributed by atoms with E-state index in [9.17, 15) is 4.79 Å². The topological polar surface area (TPSA) is 51.2 Å². The van der Waals surface area contributed by atoms with Crippen LogP contribution < -0.4 is 10.1 Å². The molecule has 120 valence electrons. The van der Waals surface area contributed by atoms with Crippen LogP contribution in [0.4, 0.5) is 0 Å². The van der Waals surface area contributed by atoms with Crippen LogP contribution in [0.1, 0.15) is 29.0 Å². The van der Waals surface area contributed by atoms with Crippen molar-refractivity contribution in [3.8, 4) is 5.88 Å². The molecule has 1 aromatic heterocycles. The van der Waals surface area contributed by atoms with Crippen molar-refractivity contribution in [2.24, 2.45) is 0 Å². The molecule has 0 fully saturated rings. The van der Waals surface area contributed by atoms with Crippen molar-refractivity contribution in [3.05, 3.63) is 57.2 Å². The molecule has 0 aliphatic carbocycles. The standard InChI is InChI=1S/C17H16Cl2N2O2/c1-10-7-11(18)8-15(19)14(10)9-21-16(22)12-4-6-23-17-13(12)3-2-5-20-17/h2-3,5,7-8,12H,4,6,9H2,1H3,(H,21,22). The number of nitrogens with zero attached hydrogens (tertiary/aromatic N) is 1. The van der Waals surface area contributed by atoms with Crippen molar-refractivity contribution < 1.29 is 9.53 Å². The Hall–Kier alpha value is -1.78. The van der Waals surface area contributed by atoms with Crippen molar-refractivity contribution in [3.63, 3.8) is 0 Å². The number of fused-ring (bicyclic) bond motifs is 1. The average molecular weight is 351 g/mol. The second kappa shape index (κ2) is 6.77. The number of aromatic nitrogens is 1. The number of rotatable bonds is 3. The summed E-state index contributed by atoms with van der Waals surface area (Å²) in [7, 11) is 0. The molecule has 2 aromatic rings. The minimum Gasteiger partial charge on any atom is -0.477 e. The molecule has 3 rings (SSSR count). The highest BCUT2D eigenvalue weighted by molar-refractivity contribution is 6.35. The van der Waals surface area contributed by atoms with Gasteiger partial charge in [0.15, 0.2) is 0 Å². The highest BCUT2D eigenvalue weighted by Gasteiger charge is 2.28. The summed E-state index contributed by atoms with van der Waals surface area (Å²) in [4.78, 5) is 16.7. The largest absolute Gasteiger partial charge is 0.477 e. The number of hydrogen-bond donors (Lipinski definition) is 1. The molecule has 1 unspecified atom stereocenters. The predicted octanol–water partition coefficient (Wildman–Crippen LogP) is 3.88. The van der Waals surface area contributed by atoms with Gasteiger partial charge < -0.3 is 10.1 Å². The van der Waals surface area contributed by atoms with E-state index < -0.39 is 0 Å². The van der Waals surface area contributed by atoms with Crippen LogP contribution in [-0.2, 0) is 11.3 Å². The minimum atomic E-state index is -0.251. The Bertz CT molecular complexity index is 726. The van der Waals surface area contributed by atoms with Crippen molar-refractivity contribution in [2.75, 3.05) is 6.61 Å². The van der Waals surface area contributed by atoms with Crippen LogP contribution in [0.15, 0.2) is 30.5 Å². The number of amides is 1. The van der Waals surface area contributed by atoms with Crippen LogP contribution in [-0.4, -0.2) is 17.5 Å². The third kappa shape index (κ3) is 3.43. The molecule has 1 amide bonds. The minimum absolute atomic E-state index is 0.0482. The summed E-state index contributed by atoms with van der Waals surface area (Å²) in [6.07, 6.45) is 2.30. The van der Waals surface area contributed by atoms with Gasteiger partial charge >= 0.3 is 0 Å². The van der Waals surface area contributed by atoms with Crippen molar-refractivity contribution in [2.45, 2.75) is 25.8 Å². The Morgan fingerprint density at radius 3 is 3.04 bits per heavy atom. The molecule has 0 radical (unpaired) electrons. The van der Waals surface area contributed by atoms with Crippen molar-refractivity contribution in [1.82, 2.24) is 10.3 Å². The molecule has 6 heteroatoms. The number of hydrogen-bond acceptors (Lipinski definition) is 3. The van der Waals surface area contributed by atoms with E-state index in [4.69, 9.17) is 27.9 Å². The first-order valence-electron chi connectivity index (χ1n) is 7.36. The summed E-state index contributed by atoms with van der Waals surface area (Å²) in [5.74, 6) is 0.242. The van der Waals surface area contributed by atoms with E-state index in [0.29, 0.717) is 35.5 Å². The van der Waals surface area contributed by atoms with Gasteiger partial charge in [0, 0.05) is 28.4 Å². The molecular formula is C17H16Cl2N2O2. The van der Waals surface area contributed by atoms with Crippen LogP contribution in [0.5, 0.6) is 5.88 Å². The quantitative estimate of drug-likeness (QED) is 0.913. The molecule has 23 heavy (non-hydrogen) atoms.